The molecule has 14 N–H and O–H groups in total. The first kappa shape index (κ1) is 25.5. The van der Waals surface area contributed by atoms with Gasteiger partial charge in [0.25, 0.3) is 0 Å². The summed E-state index contributed by atoms with van der Waals surface area (Å²) in [6.07, 6.45) is 0. The monoisotopic (exact) mass is 438 g/mol. The van der Waals surface area contributed by atoms with Crippen molar-refractivity contribution in [2.75, 3.05) is 67.3 Å². The number of nitrogens with one attached hydrogen (secondary N) is 2. The van der Waals surface area contributed by atoms with Crippen LogP contribution in [0.15, 0.2) is 0 Å². The molecule has 0 radical (unpaired) electrons. The van der Waals surface area contributed by atoms with Crippen molar-refractivity contribution in [1.29, 1.82) is 0 Å². The predicted molar refractivity (Wildman–Crippen MR) is 123 cm³/mol. The Kier molecular flexibility index (Phi) is 10.6. The van der Waals surface area contributed by atoms with Gasteiger partial charge in [-0.15, -0.1) is 0 Å². The minimum absolute atomic E-state index is 0.0535. The van der Waals surface area contributed by atoms with Gasteiger partial charge in [0.1, 0.15) is 24.6 Å². The van der Waals surface area contributed by atoms with Gasteiger partial charge >= 0.3 is 0 Å². The van der Waals surface area contributed by atoms with Gasteiger partial charge in [0.05, 0.1) is 0 Å². The summed E-state index contributed by atoms with van der Waals surface area (Å²) in [6.45, 7) is 9.37. The van der Waals surface area contributed by atoms with Crippen LogP contribution in [0.4, 0.5) is 34.9 Å². The summed E-state index contributed by atoms with van der Waals surface area (Å²) in [4.78, 5) is 15.1. The largest absolute Gasteiger partial charge is 0.475 e. The molecule has 0 amide bonds. The number of ether oxygens (including phenoxy) is 2. The molecule has 1 atom stereocenters. The van der Waals surface area contributed by atoms with E-state index in [4.69, 9.17) is 43.9 Å². The lowest BCUT2D eigenvalue weighted by atomic mass is 10.3. The minimum Gasteiger partial charge on any atom is -0.475 e. The molecule has 0 aliphatic rings. The number of nitrogens with two attached hydrogens (primary N) is 6. The van der Waals surface area contributed by atoms with Crippen molar-refractivity contribution < 1.29 is 9.47 Å². The fourth-order valence-electron chi connectivity index (χ4n) is 2.19. The normalized spacial score (nSPS) is 11.3. The van der Waals surface area contributed by atoms with Crippen LogP contribution in [0.25, 0.3) is 0 Å². The maximum atomic E-state index is 5.66. The molecular formula is C17H34N12O2. The molecule has 0 aromatic carbocycles. The quantitative estimate of drug-likeness (QED) is 0.203. The maximum Gasteiger partial charge on any atom is 0.244 e. The highest BCUT2D eigenvalue weighted by atomic mass is 16.5. The van der Waals surface area contributed by atoms with Crippen molar-refractivity contribution in [3.8, 4) is 11.8 Å². The van der Waals surface area contributed by atoms with Crippen molar-refractivity contribution >= 4 is 34.9 Å². The molecular weight excluding hydrogens is 404 g/mol. The number of nitrogen functional groups attached to an aromatic ring is 6. The lowest BCUT2D eigenvalue weighted by Gasteiger charge is -2.14. The fourth-order valence-corrected chi connectivity index (χ4v) is 2.19. The highest BCUT2D eigenvalue weighted by Gasteiger charge is 2.11. The Morgan fingerprint density at radius 3 is 1.77 bits per heavy atom. The highest BCUT2D eigenvalue weighted by Crippen LogP contribution is 2.24. The Morgan fingerprint density at radius 2 is 1.29 bits per heavy atom. The van der Waals surface area contributed by atoms with Crippen LogP contribution < -0.4 is 54.5 Å². The molecule has 2 aromatic heterocycles. The van der Waals surface area contributed by atoms with Crippen LogP contribution in [0.1, 0.15) is 20.8 Å². The van der Waals surface area contributed by atoms with Gasteiger partial charge < -0.3 is 54.5 Å². The van der Waals surface area contributed by atoms with Crippen molar-refractivity contribution in [1.82, 2.24) is 30.6 Å². The molecule has 0 aliphatic carbocycles. The van der Waals surface area contributed by atoms with Crippen LogP contribution in [-0.2, 0) is 0 Å². The van der Waals surface area contributed by atoms with E-state index in [2.05, 4.69) is 30.6 Å². The van der Waals surface area contributed by atoms with Crippen molar-refractivity contribution in [3.05, 3.63) is 0 Å². The van der Waals surface area contributed by atoms with E-state index in [1.54, 1.807) is 0 Å². The lowest BCUT2D eigenvalue weighted by molar-refractivity contribution is 0.267. The van der Waals surface area contributed by atoms with E-state index in [1.807, 2.05) is 20.8 Å². The van der Waals surface area contributed by atoms with Gasteiger partial charge in [-0.3, -0.25) is 0 Å². The molecule has 0 aliphatic heterocycles. The van der Waals surface area contributed by atoms with Gasteiger partial charge in [-0.05, 0) is 20.0 Å². The fraction of sp³-hybridized carbons (Fsp3) is 0.529. The number of hydrogen-bond donors (Lipinski definition) is 8. The smallest absolute Gasteiger partial charge is 0.244 e. The lowest BCUT2D eigenvalue weighted by Crippen LogP contribution is -2.31. The Hall–Kier alpha value is -3.52. The summed E-state index contributed by atoms with van der Waals surface area (Å²) in [6, 6.07) is 0.196. The zero-order valence-corrected chi connectivity index (χ0v) is 18.2. The van der Waals surface area contributed by atoms with E-state index >= 15 is 0 Å². The molecule has 14 nitrogen and oxygen atoms in total. The van der Waals surface area contributed by atoms with E-state index in [0.717, 1.165) is 13.1 Å². The first-order valence-electron chi connectivity index (χ1n) is 9.76. The molecule has 2 heterocycles. The second-order valence-corrected chi connectivity index (χ2v) is 6.34. The Bertz CT molecular complexity index is 820. The summed E-state index contributed by atoms with van der Waals surface area (Å²) in [5.41, 5.74) is 33.6. The third-order valence-corrected chi connectivity index (χ3v) is 3.71. The third-order valence-electron chi connectivity index (χ3n) is 3.71. The Labute approximate surface area is 181 Å². The van der Waals surface area contributed by atoms with Crippen LogP contribution in [0, 0.1) is 0 Å². The molecule has 0 bridgehead atoms. The number of likely N-dealkylation sites (N-methyl/N-ethyl adjacent to an activating group) is 2. The first-order valence-corrected chi connectivity index (χ1v) is 9.76. The van der Waals surface area contributed by atoms with Gasteiger partial charge in [-0.2, -0.15) is 19.9 Å². The Balaban J connectivity index is 0.000000311. The minimum atomic E-state index is 0.0535. The van der Waals surface area contributed by atoms with Crippen molar-refractivity contribution in [2.45, 2.75) is 26.8 Å². The standard InChI is InChI=1S/C9H18N6O.C8H16N6O/c1-3-13-5(2)4-16-8-6(10)7(11)14-9(12)15-8;1-2-12-3-4-15-7-5(9)6(10)13-8(11)14-7/h5,13H,3-4,10H2,1-2H3,(H4,11,12,14,15);12H,2-4,9H2,1H3,(H4,10,11,13,14). The van der Waals surface area contributed by atoms with E-state index < -0.39 is 0 Å². The first-order chi connectivity index (χ1) is 14.7. The molecule has 0 saturated heterocycles. The highest BCUT2D eigenvalue weighted by molar-refractivity contribution is 5.66. The van der Waals surface area contributed by atoms with Crippen LogP contribution in [0.5, 0.6) is 11.8 Å². The van der Waals surface area contributed by atoms with Gasteiger partial charge in [-0.1, -0.05) is 13.8 Å². The maximum absolute atomic E-state index is 5.66. The molecule has 31 heavy (non-hydrogen) atoms. The van der Waals surface area contributed by atoms with Crippen LogP contribution in [0.3, 0.4) is 0 Å². The average molecular weight is 439 g/mol. The topological polar surface area (TPSA) is 250 Å². The third kappa shape index (κ3) is 8.79. The molecule has 2 aromatic rings. The van der Waals surface area contributed by atoms with Gasteiger partial charge in [-0.25, -0.2) is 0 Å². The molecule has 1 unspecified atom stereocenters. The van der Waals surface area contributed by atoms with Crippen LogP contribution in [0.2, 0.25) is 0 Å². The molecule has 0 fully saturated rings. The molecule has 14 heteroatoms. The van der Waals surface area contributed by atoms with Gasteiger partial charge in [0.15, 0.2) is 11.6 Å². The van der Waals surface area contributed by atoms with E-state index in [9.17, 15) is 0 Å². The molecule has 2 rings (SSSR count). The zero-order valence-electron chi connectivity index (χ0n) is 18.2. The second kappa shape index (κ2) is 12.9. The molecule has 174 valence electrons. The molecule has 0 saturated carbocycles. The zero-order chi connectivity index (χ0) is 23.4. The summed E-state index contributed by atoms with van der Waals surface area (Å²) in [5, 5.41) is 6.29. The number of rotatable bonds is 10. The summed E-state index contributed by atoms with van der Waals surface area (Å²) >= 11 is 0. The average Bonchev–Trinajstić information content (AvgIpc) is 2.71. The number of anilines is 6. The van der Waals surface area contributed by atoms with E-state index in [-0.39, 0.29) is 52.7 Å². The van der Waals surface area contributed by atoms with Crippen molar-refractivity contribution in [2.24, 2.45) is 0 Å². The van der Waals surface area contributed by atoms with Crippen LogP contribution >= 0.6 is 0 Å². The van der Waals surface area contributed by atoms with Gasteiger partial charge in [0, 0.05) is 12.6 Å². The SMILES string of the molecule is CCNC(C)COc1nc(N)nc(N)c1N.CCNCCOc1nc(N)nc(N)c1N. The number of nitrogens with zero attached hydrogens (tertiary/aromatic N) is 4. The summed E-state index contributed by atoms with van der Waals surface area (Å²) in [5.74, 6) is 0.852. The van der Waals surface area contributed by atoms with Gasteiger partial charge in [0.2, 0.25) is 23.7 Å². The number of aromatic nitrogens is 4. The van der Waals surface area contributed by atoms with Crippen LogP contribution in [-0.4, -0.2) is 58.8 Å². The van der Waals surface area contributed by atoms with E-state index in [1.165, 1.54) is 0 Å². The van der Waals surface area contributed by atoms with Crippen molar-refractivity contribution in [3.63, 3.8) is 0 Å². The van der Waals surface area contributed by atoms with E-state index in [0.29, 0.717) is 19.8 Å². The summed E-state index contributed by atoms with van der Waals surface area (Å²) < 4.78 is 10.7. The predicted octanol–water partition coefficient (Wildman–Crippen LogP) is -1.19. The summed E-state index contributed by atoms with van der Waals surface area (Å²) in [7, 11) is 0. The Morgan fingerprint density at radius 1 is 0.774 bits per heavy atom. The molecule has 0 spiro atoms. The number of hydrogen-bond acceptors (Lipinski definition) is 14. The second-order valence-electron chi connectivity index (χ2n) is 6.34.